The molecule has 2 aliphatic rings. The molecule has 2 aliphatic heterocycles. The van der Waals surface area contributed by atoms with E-state index in [0.29, 0.717) is 57.9 Å². The van der Waals surface area contributed by atoms with Gasteiger partial charge in [-0.1, -0.05) is 0 Å². The fourth-order valence-corrected chi connectivity index (χ4v) is 6.02. The minimum Gasteiger partial charge on any atom is -0.379 e. The molecular weight excluding hydrogens is 444 g/mol. The van der Waals surface area contributed by atoms with E-state index in [1.807, 2.05) is 4.90 Å². The van der Waals surface area contributed by atoms with E-state index >= 15 is 0 Å². The molecule has 0 bridgehead atoms. The lowest BCUT2D eigenvalue weighted by Crippen LogP contribution is -2.50. The number of rotatable bonds is 7. The summed E-state index contributed by atoms with van der Waals surface area (Å²) in [7, 11) is -6.82. The number of hydrogen-bond donors (Lipinski definition) is 2. The van der Waals surface area contributed by atoms with Gasteiger partial charge in [-0.05, 0) is 44.0 Å². The lowest BCUT2D eigenvalue weighted by molar-refractivity contribution is -0.121. The first kappa shape index (κ1) is 24.1. The number of nitrogens with zero attached hydrogens (tertiary/aromatic N) is 2. The maximum atomic E-state index is 12.7. The van der Waals surface area contributed by atoms with E-state index < -0.39 is 26.1 Å². The van der Waals surface area contributed by atoms with Crippen molar-refractivity contribution in [2.24, 2.45) is 0 Å². The van der Waals surface area contributed by atoms with Gasteiger partial charge in [-0.15, -0.1) is 0 Å². The monoisotopic (exact) mass is 474 g/mol. The van der Waals surface area contributed by atoms with Gasteiger partial charge in [0, 0.05) is 37.9 Å². The highest BCUT2D eigenvalue weighted by atomic mass is 32.2. The first-order valence-corrected chi connectivity index (χ1v) is 13.6. The van der Waals surface area contributed by atoms with Crippen molar-refractivity contribution in [3.63, 3.8) is 0 Å². The van der Waals surface area contributed by atoms with E-state index in [-0.39, 0.29) is 16.8 Å². The highest BCUT2D eigenvalue weighted by molar-refractivity contribution is 7.89. The standard InChI is InChI=1S/C19H30N4O6S2/c1-15(22-9-7-17(8-10-22)21-30(2,25)26)19(24)20-16-3-5-18(6-4-16)31(27,28)23-11-13-29-14-12-23/h3-6,15,17,21H,7-14H2,1-2H3,(H,20,24)/t15-/m1/s1. The van der Waals surface area contributed by atoms with E-state index in [1.54, 1.807) is 19.1 Å². The van der Waals surface area contributed by atoms with Crippen LogP contribution in [0.2, 0.25) is 0 Å². The average molecular weight is 475 g/mol. The van der Waals surface area contributed by atoms with Gasteiger partial charge in [0.05, 0.1) is 30.4 Å². The number of morpholine rings is 1. The van der Waals surface area contributed by atoms with Gasteiger partial charge in [-0.3, -0.25) is 9.69 Å². The average Bonchev–Trinajstić information content (AvgIpc) is 2.73. The van der Waals surface area contributed by atoms with Crippen molar-refractivity contribution in [1.82, 2.24) is 13.9 Å². The van der Waals surface area contributed by atoms with Crippen LogP contribution in [0.3, 0.4) is 0 Å². The molecule has 10 nitrogen and oxygen atoms in total. The van der Waals surface area contributed by atoms with Crippen LogP contribution in [-0.4, -0.2) is 89.7 Å². The smallest absolute Gasteiger partial charge is 0.243 e. The predicted octanol–water partition coefficient (Wildman–Crippen LogP) is 0.0481. The Hall–Kier alpha value is -1.57. The second kappa shape index (κ2) is 9.92. The third-order valence-corrected chi connectivity index (χ3v) is 8.24. The van der Waals surface area contributed by atoms with Crippen molar-refractivity contribution in [3.8, 4) is 0 Å². The van der Waals surface area contributed by atoms with Gasteiger partial charge in [0.2, 0.25) is 26.0 Å². The lowest BCUT2D eigenvalue weighted by Gasteiger charge is -2.35. The summed E-state index contributed by atoms with van der Waals surface area (Å²) < 4.78 is 57.3. The number of carbonyl (C=O) groups is 1. The fourth-order valence-electron chi connectivity index (χ4n) is 3.77. The van der Waals surface area contributed by atoms with Crippen molar-refractivity contribution in [1.29, 1.82) is 0 Å². The molecule has 2 N–H and O–H groups in total. The quantitative estimate of drug-likeness (QED) is 0.572. The normalized spacial score (nSPS) is 21.0. The number of likely N-dealkylation sites (tertiary alicyclic amines) is 1. The maximum absolute atomic E-state index is 12.7. The first-order valence-electron chi connectivity index (χ1n) is 10.3. The van der Waals surface area contributed by atoms with Crippen molar-refractivity contribution >= 4 is 31.6 Å². The van der Waals surface area contributed by atoms with Gasteiger partial charge in [0.15, 0.2) is 0 Å². The Labute approximate surface area is 184 Å². The van der Waals surface area contributed by atoms with Gasteiger partial charge in [0.1, 0.15) is 0 Å². The van der Waals surface area contributed by atoms with Crippen LogP contribution in [0, 0.1) is 0 Å². The zero-order valence-electron chi connectivity index (χ0n) is 17.8. The summed E-state index contributed by atoms with van der Waals surface area (Å²) in [4.78, 5) is 14.8. The number of amides is 1. The summed E-state index contributed by atoms with van der Waals surface area (Å²) in [5.74, 6) is -0.196. The highest BCUT2D eigenvalue weighted by Gasteiger charge is 2.28. The second-order valence-electron chi connectivity index (χ2n) is 7.91. The molecule has 0 spiro atoms. The van der Waals surface area contributed by atoms with Gasteiger partial charge >= 0.3 is 0 Å². The molecule has 1 atom stereocenters. The molecule has 31 heavy (non-hydrogen) atoms. The molecule has 0 unspecified atom stereocenters. The Kier molecular flexibility index (Phi) is 7.71. The molecule has 2 saturated heterocycles. The molecule has 2 heterocycles. The van der Waals surface area contributed by atoms with Crippen LogP contribution in [-0.2, 0) is 29.6 Å². The van der Waals surface area contributed by atoms with Crippen LogP contribution in [0.25, 0.3) is 0 Å². The number of sulfonamides is 2. The third-order valence-electron chi connectivity index (χ3n) is 5.57. The largest absolute Gasteiger partial charge is 0.379 e. The van der Waals surface area contributed by atoms with Gasteiger partial charge in [0.25, 0.3) is 0 Å². The lowest BCUT2D eigenvalue weighted by atomic mass is 10.0. The number of hydrogen-bond acceptors (Lipinski definition) is 7. The highest BCUT2D eigenvalue weighted by Crippen LogP contribution is 2.20. The number of ether oxygens (including phenoxy) is 1. The molecule has 1 aromatic rings. The molecule has 3 rings (SSSR count). The Morgan fingerprint density at radius 3 is 2.16 bits per heavy atom. The predicted molar refractivity (Wildman–Crippen MR) is 117 cm³/mol. The molecule has 0 aliphatic carbocycles. The first-order chi connectivity index (χ1) is 14.6. The number of benzene rings is 1. The summed E-state index contributed by atoms with van der Waals surface area (Å²) in [6, 6.07) is 5.65. The van der Waals surface area contributed by atoms with E-state index in [1.165, 1.54) is 16.4 Å². The number of piperidine rings is 1. The summed E-state index contributed by atoms with van der Waals surface area (Å²) in [5.41, 5.74) is 0.520. The van der Waals surface area contributed by atoms with Crippen LogP contribution >= 0.6 is 0 Å². The molecule has 0 saturated carbocycles. The number of nitrogens with one attached hydrogen (secondary N) is 2. The van der Waals surface area contributed by atoms with E-state index in [9.17, 15) is 21.6 Å². The van der Waals surface area contributed by atoms with Gasteiger partial charge in [-0.25, -0.2) is 21.6 Å². The maximum Gasteiger partial charge on any atom is 0.243 e. The zero-order chi connectivity index (χ0) is 22.6. The summed E-state index contributed by atoms with van der Waals surface area (Å²) in [6.07, 6.45) is 2.42. The second-order valence-corrected chi connectivity index (χ2v) is 11.6. The Morgan fingerprint density at radius 2 is 1.61 bits per heavy atom. The molecule has 12 heteroatoms. The molecular formula is C19H30N4O6S2. The molecule has 174 valence electrons. The van der Waals surface area contributed by atoms with Crippen LogP contribution in [0.5, 0.6) is 0 Å². The summed E-state index contributed by atoms with van der Waals surface area (Å²) >= 11 is 0. The molecule has 1 amide bonds. The topological polar surface area (TPSA) is 125 Å². The summed E-state index contributed by atoms with van der Waals surface area (Å²) in [5, 5.41) is 2.83. The number of carbonyl (C=O) groups excluding carboxylic acids is 1. The Morgan fingerprint density at radius 1 is 1.03 bits per heavy atom. The zero-order valence-corrected chi connectivity index (χ0v) is 19.4. The van der Waals surface area contributed by atoms with Crippen LogP contribution in [0.15, 0.2) is 29.2 Å². The van der Waals surface area contributed by atoms with Gasteiger partial charge < -0.3 is 10.1 Å². The summed E-state index contributed by atoms with van der Waals surface area (Å²) in [6.45, 7) is 4.44. The molecule has 0 radical (unpaired) electrons. The Balaban J connectivity index is 1.54. The minimum absolute atomic E-state index is 0.109. The van der Waals surface area contributed by atoms with E-state index in [2.05, 4.69) is 10.0 Å². The molecule has 2 fully saturated rings. The van der Waals surface area contributed by atoms with Crippen molar-refractivity contribution < 1.29 is 26.4 Å². The van der Waals surface area contributed by atoms with Gasteiger partial charge in [-0.2, -0.15) is 4.31 Å². The minimum atomic E-state index is -3.58. The van der Waals surface area contributed by atoms with Crippen molar-refractivity contribution in [3.05, 3.63) is 24.3 Å². The molecule has 0 aromatic heterocycles. The third kappa shape index (κ3) is 6.46. The van der Waals surface area contributed by atoms with Crippen LogP contribution in [0.4, 0.5) is 5.69 Å². The van der Waals surface area contributed by atoms with Crippen molar-refractivity contribution in [2.45, 2.75) is 36.7 Å². The van der Waals surface area contributed by atoms with E-state index in [0.717, 1.165) is 6.26 Å². The SMILES string of the molecule is C[C@H](C(=O)Nc1ccc(S(=O)(=O)N2CCOCC2)cc1)N1CCC(NS(C)(=O)=O)CC1. The van der Waals surface area contributed by atoms with Crippen LogP contribution in [0.1, 0.15) is 19.8 Å². The van der Waals surface area contributed by atoms with Crippen molar-refractivity contribution in [2.75, 3.05) is 51.0 Å². The van der Waals surface area contributed by atoms with E-state index in [4.69, 9.17) is 4.74 Å². The molecule has 1 aromatic carbocycles. The fraction of sp³-hybridized carbons (Fsp3) is 0.632. The van der Waals surface area contributed by atoms with Crippen LogP contribution < -0.4 is 10.0 Å². The number of anilines is 1. The Bertz CT molecular complexity index is 967.